The minimum absolute atomic E-state index is 1.13. The van der Waals surface area contributed by atoms with E-state index in [-0.39, 0.29) is 0 Å². The normalized spacial score (nSPS) is 16.6. The average Bonchev–Trinajstić information content (AvgIpc) is 2.42. The van der Waals surface area contributed by atoms with Crippen LogP contribution in [0, 0.1) is 0 Å². The molecule has 0 saturated carbocycles. The summed E-state index contributed by atoms with van der Waals surface area (Å²) in [4.78, 5) is 1.59. The topological polar surface area (TPSA) is 12.0 Å². The Labute approximate surface area is 87.8 Å². The van der Waals surface area contributed by atoms with Gasteiger partial charge in [0, 0.05) is 9.58 Å². The third-order valence-electron chi connectivity index (χ3n) is 2.86. The summed E-state index contributed by atoms with van der Waals surface area (Å²) in [6.45, 7) is 2.27. The van der Waals surface area contributed by atoms with Gasteiger partial charge in [-0.05, 0) is 42.9 Å². The molecule has 3 rings (SSSR count). The zero-order chi connectivity index (χ0) is 9.38. The van der Waals surface area contributed by atoms with Gasteiger partial charge in [0.25, 0.3) is 0 Å². The van der Waals surface area contributed by atoms with Gasteiger partial charge in [0.1, 0.15) is 0 Å². The first-order chi connectivity index (χ1) is 6.95. The van der Waals surface area contributed by atoms with Crippen molar-refractivity contribution in [1.82, 2.24) is 5.32 Å². The van der Waals surface area contributed by atoms with Gasteiger partial charge >= 0.3 is 0 Å². The summed E-state index contributed by atoms with van der Waals surface area (Å²) in [5.41, 5.74) is 1.59. The lowest BCUT2D eigenvalue weighted by atomic mass is 10.1. The van der Waals surface area contributed by atoms with Gasteiger partial charge in [-0.1, -0.05) is 18.2 Å². The Balaban J connectivity index is 2.24. The highest BCUT2D eigenvalue weighted by Gasteiger charge is 2.13. The quantitative estimate of drug-likeness (QED) is 0.694. The summed E-state index contributed by atoms with van der Waals surface area (Å²) in [6.07, 6.45) is 2.40. The molecule has 0 bridgehead atoms. The second kappa shape index (κ2) is 3.37. The zero-order valence-corrected chi connectivity index (χ0v) is 8.86. The van der Waals surface area contributed by atoms with Crippen molar-refractivity contribution in [2.45, 2.75) is 12.8 Å². The van der Waals surface area contributed by atoms with E-state index in [4.69, 9.17) is 0 Å². The van der Waals surface area contributed by atoms with E-state index in [1.165, 1.54) is 22.9 Å². The van der Waals surface area contributed by atoms with Crippen LogP contribution in [0.25, 0.3) is 10.1 Å². The van der Waals surface area contributed by atoms with Crippen LogP contribution in [0.4, 0.5) is 0 Å². The van der Waals surface area contributed by atoms with Crippen molar-refractivity contribution in [2.75, 3.05) is 13.1 Å². The van der Waals surface area contributed by atoms with E-state index < -0.39 is 0 Å². The van der Waals surface area contributed by atoms with Crippen molar-refractivity contribution in [1.29, 1.82) is 0 Å². The molecule has 0 spiro atoms. The largest absolute Gasteiger partial charge is 0.316 e. The Morgan fingerprint density at radius 1 is 1.07 bits per heavy atom. The van der Waals surface area contributed by atoms with Gasteiger partial charge in [-0.25, -0.2) is 0 Å². The molecule has 1 aromatic heterocycles. The first kappa shape index (κ1) is 8.45. The number of thiophene rings is 1. The van der Waals surface area contributed by atoms with Crippen LogP contribution in [0.15, 0.2) is 24.3 Å². The Morgan fingerprint density at radius 2 is 1.93 bits per heavy atom. The van der Waals surface area contributed by atoms with E-state index in [1.54, 1.807) is 10.4 Å². The summed E-state index contributed by atoms with van der Waals surface area (Å²) in [5.74, 6) is 0. The number of benzene rings is 1. The van der Waals surface area contributed by atoms with Gasteiger partial charge in [0.05, 0.1) is 0 Å². The van der Waals surface area contributed by atoms with Crippen molar-refractivity contribution in [3.05, 3.63) is 34.7 Å². The van der Waals surface area contributed by atoms with Gasteiger partial charge in [-0.3, -0.25) is 0 Å². The molecule has 1 N–H and O–H groups in total. The predicted octanol–water partition coefficient (Wildman–Crippen LogP) is 2.59. The van der Waals surface area contributed by atoms with E-state index in [2.05, 4.69) is 29.6 Å². The van der Waals surface area contributed by atoms with Crippen molar-refractivity contribution >= 4 is 21.4 Å². The van der Waals surface area contributed by atoms with Gasteiger partial charge in [-0.2, -0.15) is 0 Å². The maximum Gasteiger partial charge on any atom is 0.0348 e. The minimum atomic E-state index is 1.13. The number of nitrogens with one attached hydrogen (secondary N) is 1. The van der Waals surface area contributed by atoms with E-state index in [9.17, 15) is 0 Å². The van der Waals surface area contributed by atoms with Crippen LogP contribution < -0.4 is 5.32 Å². The van der Waals surface area contributed by atoms with Gasteiger partial charge < -0.3 is 5.32 Å². The lowest BCUT2D eigenvalue weighted by molar-refractivity contribution is 0.712. The van der Waals surface area contributed by atoms with Crippen molar-refractivity contribution in [2.24, 2.45) is 0 Å². The zero-order valence-electron chi connectivity index (χ0n) is 8.05. The van der Waals surface area contributed by atoms with Gasteiger partial charge in [0.2, 0.25) is 0 Å². The predicted molar refractivity (Wildman–Crippen MR) is 62.1 cm³/mol. The number of hydrogen-bond acceptors (Lipinski definition) is 2. The van der Waals surface area contributed by atoms with Crippen LogP contribution in [0.3, 0.4) is 0 Å². The monoisotopic (exact) mass is 203 g/mol. The third kappa shape index (κ3) is 1.26. The fraction of sp³-hybridized carbons (Fsp3) is 0.333. The highest BCUT2D eigenvalue weighted by molar-refractivity contribution is 7.19. The molecule has 1 nitrogen and oxygen atoms in total. The van der Waals surface area contributed by atoms with Crippen LogP contribution in [0.2, 0.25) is 0 Å². The van der Waals surface area contributed by atoms with E-state index in [0.29, 0.717) is 0 Å². The molecule has 2 heterocycles. The first-order valence-corrected chi connectivity index (χ1v) is 5.97. The average molecular weight is 203 g/mol. The molecular weight excluding hydrogens is 190 g/mol. The van der Waals surface area contributed by atoms with Gasteiger partial charge in [-0.15, -0.1) is 11.3 Å². The molecule has 14 heavy (non-hydrogen) atoms. The van der Waals surface area contributed by atoms with Crippen LogP contribution in [-0.4, -0.2) is 13.1 Å². The summed E-state index contributed by atoms with van der Waals surface area (Å²) < 4.78 is 1.46. The Bertz CT molecular complexity index is 458. The molecule has 1 aliphatic rings. The van der Waals surface area contributed by atoms with Crippen LogP contribution in [-0.2, 0) is 12.8 Å². The summed E-state index contributed by atoms with van der Waals surface area (Å²) in [6, 6.07) is 8.78. The third-order valence-corrected chi connectivity index (χ3v) is 4.14. The fourth-order valence-corrected chi connectivity index (χ4v) is 3.42. The summed E-state index contributed by atoms with van der Waals surface area (Å²) in [5, 5.41) is 4.93. The smallest absolute Gasteiger partial charge is 0.0348 e. The fourth-order valence-electron chi connectivity index (χ4n) is 2.17. The molecule has 0 fully saturated rings. The second-order valence-electron chi connectivity index (χ2n) is 3.75. The molecule has 0 aliphatic carbocycles. The molecular formula is C12H13NS. The molecule has 0 amide bonds. The van der Waals surface area contributed by atoms with Crippen LogP contribution in [0.5, 0.6) is 0 Å². The Kier molecular flexibility index (Phi) is 2.03. The SMILES string of the molecule is c1ccc2c3c(sc2c1)CCNCC3. The highest BCUT2D eigenvalue weighted by atomic mass is 32.1. The molecule has 0 saturated heterocycles. The number of hydrogen-bond donors (Lipinski definition) is 1. The number of fused-ring (bicyclic) bond motifs is 3. The van der Waals surface area contributed by atoms with Crippen LogP contribution >= 0.6 is 11.3 Å². The molecule has 1 aromatic carbocycles. The lowest BCUT2D eigenvalue weighted by Crippen LogP contribution is -2.16. The summed E-state index contributed by atoms with van der Waals surface area (Å²) >= 11 is 1.97. The van der Waals surface area contributed by atoms with E-state index >= 15 is 0 Å². The maximum absolute atomic E-state index is 3.45. The first-order valence-electron chi connectivity index (χ1n) is 5.15. The van der Waals surface area contributed by atoms with E-state index in [1.807, 2.05) is 11.3 Å². The van der Waals surface area contributed by atoms with Crippen LogP contribution in [0.1, 0.15) is 10.4 Å². The maximum atomic E-state index is 3.45. The molecule has 2 aromatic rings. The molecule has 2 heteroatoms. The molecule has 0 unspecified atom stereocenters. The standard InChI is InChI=1S/C12H13NS/c1-2-4-11-9(3-1)10-5-7-13-8-6-12(10)14-11/h1-4,13H,5-8H2. The second-order valence-corrected chi connectivity index (χ2v) is 4.89. The lowest BCUT2D eigenvalue weighted by Gasteiger charge is -1.97. The molecule has 0 radical (unpaired) electrons. The molecule has 1 aliphatic heterocycles. The Hall–Kier alpha value is -0.860. The Morgan fingerprint density at radius 3 is 2.93 bits per heavy atom. The molecule has 72 valence electrons. The van der Waals surface area contributed by atoms with Crippen molar-refractivity contribution < 1.29 is 0 Å². The highest BCUT2D eigenvalue weighted by Crippen LogP contribution is 2.32. The van der Waals surface area contributed by atoms with Crippen molar-refractivity contribution in [3.63, 3.8) is 0 Å². The summed E-state index contributed by atoms with van der Waals surface area (Å²) in [7, 11) is 0. The van der Waals surface area contributed by atoms with Gasteiger partial charge in [0.15, 0.2) is 0 Å². The minimum Gasteiger partial charge on any atom is -0.316 e. The van der Waals surface area contributed by atoms with E-state index in [0.717, 1.165) is 13.1 Å². The molecule has 0 atom stereocenters. The number of rotatable bonds is 0. The van der Waals surface area contributed by atoms with Crippen molar-refractivity contribution in [3.8, 4) is 0 Å².